The van der Waals surface area contributed by atoms with E-state index in [1.807, 2.05) is 42.2 Å². The lowest BCUT2D eigenvalue weighted by Gasteiger charge is -2.35. The lowest BCUT2D eigenvalue weighted by atomic mass is 9.97. The zero-order chi connectivity index (χ0) is 29.6. The first kappa shape index (κ1) is 29.9. The molecule has 1 aliphatic heterocycles. The normalized spacial score (nSPS) is 18.7. The first-order valence-corrected chi connectivity index (χ1v) is 15.0. The molecule has 2 heterocycles. The Morgan fingerprint density at radius 3 is 2.39 bits per heavy atom. The first-order valence-electron chi connectivity index (χ1n) is 13.6. The molecular weight excluding hydrogens is 544 g/mol. The number of rotatable bonds is 12. The Bertz CT molecular complexity index is 1440. The summed E-state index contributed by atoms with van der Waals surface area (Å²) in [7, 11) is -4.25. The number of para-hydroxylation sites is 2. The van der Waals surface area contributed by atoms with Crippen molar-refractivity contribution in [1.29, 1.82) is 0 Å². The Morgan fingerprint density at radius 2 is 1.78 bits per heavy atom. The summed E-state index contributed by atoms with van der Waals surface area (Å²) >= 11 is 0. The summed E-state index contributed by atoms with van der Waals surface area (Å²) in [6.07, 6.45) is 2.73. The number of aromatic nitrogens is 2. The van der Waals surface area contributed by atoms with Crippen molar-refractivity contribution in [3.63, 3.8) is 0 Å². The molecule has 0 bridgehead atoms. The van der Waals surface area contributed by atoms with E-state index in [-0.39, 0.29) is 35.3 Å². The smallest absolute Gasteiger partial charge is 0.320 e. The molecule has 0 radical (unpaired) electrons. The Morgan fingerprint density at radius 1 is 1.12 bits per heavy atom. The molecule has 1 aliphatic rings. The predicted molar refractivity (Wildman–Crippen MR) is 158 cm³/mol. The maximum Gasteiger partial charge on any atom is 0.320 e. The zero-order valence-corrected chi connectivity index (χ0v) is 24.1. The molecule has 12 heteroatoms. The summed E-state index contributed by atoms with van der Waals surface area (Å²) in [5.74, 6) is 0.339. The van der Waals surface area contributed by atoms with Crippen molar-refractivity contribution in [2.24, 2.45) is 11.7 Å². The molecule has 0 spiro atoms. The van der Waals surface area contributed by atoms with Crippen LogP contribution in [0.15, 0.2) is 66.9 Å². The topological polar surface area (TPSA) is 157 Å². The second-order valence-electron chi connectivity index (χ2n) is 10.4. The van der Waals surface area contributed by atoms with Crippen LogP contribution in [0.1, 0.15) is 44.0 Å². The highest BCUT2D eigenvalue weighted by atomic mass is 32.2. The fourth-order valence-electron chi connectivity index (χ4n) is 4.78. The van der Waals surface area contributed by atoms with E-state index in [2.05, 4.69) is 29.5 Å². The van der Waals surface area contributed by atoms with Gasteiger partial charge in [0, 0.05) is 30.0 Å². The SMILES string of the molecule is CC(C)C(C)N(c1ccccc1)c1nc(NC2CCNC([C@H](C=O)S(=O)(=O)Oc3ccccc3)C2)ncc1C(N)=O. The standard InChI is InChI=1S/C29H36N6O5S/c1-19(2)20(3)35(22-10-6-4-7-11-22)28-24(27(30)37)17-32-29(34-28)33-21-14-15-31-25(16-21)26(18-36)41(38,39)40-23-12-8-5-9-13-23/h4-13,17-21,25-26,31H,14-16H2,1-3H3,(H2,30,37)(H,32,33,34)/t20?,21?,25?,26-/m0/s1. The Kier molecular flexibility index (Phi) is 9.56. The summed E-state index contributed by atoms with van der Waals surface area (Å²) in [6, 6.07) is 16.7. The van der Waals surface area contributed by atoms with E-state index in [4.69, 9.17) is 14.9 Å². The molecule has 0 saturated carbocycles. The van der Waals surface area contributed by atoms with Crippen LogP contribution in [0.3, 0.4) is 0 Å². The maximum atomic E-state index is 13.0. The van der Waals surface area contributed by atoms with Crippen molar-refractivity contribution in [3.05, 3.63) is 72.4 Å². The summed E-state index contributed by atoms with van der Waals surface area (Å²) in [6.45, 7) is 6.67. The quantitative estimate of drug-likeness (QED) is 0.215. The number of benzene rings is 2. The van der Waals surface area contributed by atoms with Crippen LogP contribution in [0, 0.1) is 5.92 Å². The minimum Gasteiger partial charge on any atom is -0.382 e. The molecule has 0 aliphatic carbocycles. The third kappa shape index (κ3) is 7.19. The maximum absolute atomic E-state index is 13.0. The van der Waals surface area contributed by atoms with Gasteiger partial charge in [-0.25, -0.2) is 4.98 Å². The fourth-order valence-corrected chi connectivity index (χ4v) is 6.02. The number of hydrogen-bond donors (Lipinski definition) is 3. The van der Waals surface area contributed by atoms with Gasteiger partial charge in [-0.15, -0.1) is 0 Å². The number of anilines is 3. The molecule has 1 fully saturated rings. The zero-order valence-electron chi connectivity index (χ0n) is 23.3. The number of nitrogens with zero attached hydrogens (tertiary/aromatic N) is 3. The van der Waals surface area contributed by atoms with Gasteiger partial charge in [0.2, 0.25) is 5.95 Å². The first-order chi connectivity index (χ1) is 19.6. The van der Waals surface area contributed by atoms with Crippen molar-refractivity contribution in [2.75, 3.05) is 16.8 Å². The lowest BCUT2D eigenvalue weighted by Crippen LogP contribution is -2.53. The van der Waals surface area contributed by atoms with Gasteiger partial charge in [0.15, 0.2) is 11.1 Å². The van der Waals surface area contributed by atoms with Crippen molar-refractivity contribution < 1.29 is 22.2 Å². The number of primary amides is 1. The average Bonchev–Trinajstić information content (AvgIpc) is 2.94. The van der Waals surface area contributed by atoms with Crippen molar-refractivity contribution in [2.45, 2.75) is 57.0 Å². The molecule has 1 amide bonds. The Balaban J connectivity index is 1.59. The van der Waals surface area contributed by atoms with E-state index in [0.29, 0.717) is 31.5 Å². The fraction of sp³-hybridized carbons (Fsp3) is 0.379. The van der Waals surface area contributed by atoms with Crippen LogP contribution in [-0.4, -0.2) is 60.5 Å². The van der Waals surface area contributed by atoms with Crippen LogP contribution in [0.4, 0.5) is 17.5 Å². The highest BCUT2D eigenvalue weighted by Crippen LogP contribution is 2.32. The summed E-state index contributed by atoms with van der Waals surface area (Å²) < 4.78 is 31.2. The summed E-state index contributed by atoms with van der Waals surface area (Å²) in [4.78, 5) is 35.5. The number of hydrogen-bond acceptors (Lipinski definition) is 10. The third-order valence-corrected chi connectivity index (χ3v) is 8.79. The van der Waals surface area contributed by atoms with Gasteiger partial charge in [0.1, 0.15) is 17.6 Å². The molecule has 4 N–H and O–H groups in total. The molecule has 1 saturated heterocycles. The minimum atomic E-state index is -4.25. The van der Waals surface area contributed by atoms with E-state index < -0.39 is 27.3 Å². The van der Waals surface area contributed by atoms with Gasteiger partial charge in [-0.1, -0.05) is 50.2 Å². The van der Waals surface area contributed by atoms with E-state index >= 15 is 0 Å². The van der Waals surface area contributed by atoms with Gasteiger partial charge in [0.05, 0.1) is 0 Å². The van der Waals surface area contributed by atoms with E-state index in [9.17, 15) is 18.0 Å². The largest absolute Gasteiger partial charge is 0.382 e. The highest BCUT2D eigenvalue weighted by Gasteiger charge is 2.38. The second kappa shape index (κ2) is 13.1. The van der Waals surface area contributed by atoms with E-state index in [1.54, 1.807) is 18.2 Å². The molecule has 3 unspecified atom stereocenters. The van der Waals surface area contributed by atoms with Crippen LogP contribution in [0.2, 0.25) is 0 Å². The minimum absolute atomic E-state index is 0.0373. The van der Waals surface area contributed by atoms with E-state index in [0.717, 1.165) is 5.69 Å². The number of amides is 1. The molecule has 11 nitrogen and oxygen atoms in total. The van der Waals surface area contributed by atoms with Gasteiger partial charge in [-0.05, 0) is 56.5 Å². The molecule has 41 heavy (non-hydrogen) atoms. The Hall–Kier alpha value is -4.03. The lowest BCUT2D eigenvalue weighted by molar-refractivity contribution is -0.108. The number of aldehydes is 1. The molecule has 218 valence electrons. The molecule has 2 aromatic carbocycles. The molecule has 4 rings (SSSR count). The Labute approximate surface area is 240 Å². The van der Waals surface area contributed by atoms with Crippen molar-refractivity contribution in [1.82, 2.24) is 15.3 Å². The molecule has 4 atom stereocenters. The molecular formula is C29H36N6O5S. The second-order valence-corrected chi connectivity index (χ2v) is 12.1. The summed E-state index contributed by atoms with van der Waals surface area (Å²) in [5.41, 5.74) is 6.76. The van der Waals surface area contributed by atoms with Crippen LogP contribution in [0.5, 0.6) is 5.75 Å². The summed E-state index contributed by atoms with van der Waals surface area (Å²) in [5, 5.41) is 5.00. The van der Waals surface area contributed by atoms with E-state index in [1.165, 1.54) is 18.3 Å². The third-order valence-electron chi connectivity index (χ3n) is 7.26. The number of nitrogens with two attached hydrogens (primary N) is 1. The number of carbonyl (C=O) groups is 2. The number of piperidine rings is 1. The van der Waals surface area contributed by atoms with Gasteiger partial charge >= 0.3 is 10.1 Å². The van der Waals surface area contributed by atoms with Crippen molar-refractivity contribution >= 4 is 39.8 Å². The molecule has 1 aromatic heterocycles. The van der Waals surface area contributed by atoms with Crippen LogP contribution >= 0.6 is 0 Å². The van der Waals surface area contributed by atoms with Crippen LogP contribution in [0.25, 0.3) is 0 Å². The van der Waals surface area contributed by atoms with Crippen molar-refractivity contribution in [3.8, 4) is 5.75 Å². The van der Waals surface area contributed by atoms with Gasteiger partial charge < -0.3 is 30.2 Å². The van der Waals surface area contributed by atoms with Crippen LogP contribution in [-0.2, 0) is 14.9 Å². The van der Waals surface area contributed by atoms with Gasteiger partial charge in [0.25, 0.3) is 5.91 Å². The van der Waals surface area contributed by atoms with Crippen LogP contribution < -0.4 is 25.5 Å². The monoisotopic (exact) mass is 580 g/mol. The number of nitrogens with one attached hydrogen (secondary N) is 2. The molecule has 3 aromatic rings. The number of carbonyl (C=O) groups excluding carboxylic acids is 2. The van der Waals surface area contributed by atoms with Gasteiger partial charge in [-0.2, -0.15) is 13.4 Å². The van der Waals surface area contributed by atoms with Gasteiger partial charge in [-0.3, -0.25) is 4.79 Å². The highest BCUT2D eigenvalue weighted by molar-refractivity contribution is 7.88. The predicted octanol–water partition coefficient (Wildman–Crippen LogP) is 3.27. The average molecular weight is 581 g/mol.